The molecule has 2 rings (SSSR count). The first kappa shape index (κ1) is 12.4. The molecule has 0 saturated carbocycles. The Labute approximate surface area is 107 Å². The molecule has 4 heteroatoms. The minimum absolute atomic E-state index is 0.226. The van der Waals surface area contributed by atoms with Crippen molar-refractivity contribution in [2.24, 2.45) is 0 Å². The predicted octanol–water partition coefficient (Wildman–Crippen LogP) is 2.88. The van der Waals surface area contributed by atoms with Gasteiger partial charge in [0.2, 0.25) is 6.41 Å². The number of piperidine rings is 1. The molecule has 1 atom stereocenters. The van der Waals surface area contributed by atoms with E-state index < -0.39 is 0 Å². The monoisotopic (exact) mass is 250 g/mol. The number of carbonyl (C=O) groups excluding carboxylic acids is 1. The Morgan fingerprint density at radius 1 is 1.59 bits per heavy atom. The van der Waals surface area contributed by atoms with Gasteiger partial charge in [0.05, 0.1) is 6.04 Å². The molecule has 0 aromatic carbocycles. The fourth-order valence-electron chi connectivity index (χ4n) is 2.33. The van der Waals surface area contributed by atoms with Gasteiger partial charge in [0.1, 0.15) is 5.03 Å². The Balaban J connectivity index is 2.27. The van der Waals surface area contributed by atoms with E-state index in [0.29, 0.717) is 0 Å². The van der Waals surface area contributed by atoms with Gasteiger partial charge in [-0.1, -0.05) is 13.0 Å². The van der Waals surface area contributed by atoms with Gasteiger partial charge in [-0.25, -0.2) is 4.98 Å². The van der Waals surface area contributed by atoms with Gasteiger partial charge in [-0.05, 0) is 31.1 Å². The van der Waals surface area contributed by atoms with E-state index in [-0.39, 0.29) is 6.04 Å². The van der Waals surface area contributed by atoms with Crippen LogP contribution in [0.15, 0.2) is 23.4 Å². The summed E-state index contributed by atoms with van der Waals surface area (Å²) in [5, 5.41) is 1.08. The third-order valence-electron chi connectivity index (χ3n) is 3.12. The molecule has 0 aliphatic carbocycles. The lowest BCUT2D eigenvalue weighted by molar-refractivity contribution is -0.121. The summed E-state index contributed by atoms with van der Waals surface area (Å²) in [5.74, 6) is 1.01. The van der Waals surface area contributed by atoms with E-state index >= 15 is 0 Å². The molecular weight excluding hydrogens is 232 g/mol. The molecule has 1 saturated heterocycles. The molecular formula is C13H18N2OS. The summed E-state index contributed by atoms with van der Waals surface area (Å²) in [6, 6.07) is 4.30. The van der Waals surface area contributed by atoms with Crippen LogP contribution < -0.4 is 0 Å². The first-order chi connectivity index (χ1) is 8.36. The SMILES string of the molecule is CCSc1ncccc1[C@@H]1CCCCN1C=O. The van der Waals surface area contributed by atoms with Crippen LogP contribution in [0.5, 0.6) is 0 Å². The topological polar surface area (TPSA) is 33.2 Å². The Kier molecular flexibility index (Phi) is 4.42. The van der Waals surface area contributed by atoms with Crippen molar-refractivity contribution in [2.45, 2.75) is 37.3 Å². The zero-order chi connectivity index (χ0) is 12.1. The second-order valence-electron chi connectivity index (χ2n) is 4.19. The maximum absolute atomic E-state index is 11.1. The van der Waals surface area contributed by atoms with Gasteiger partial charge < -0.3 is 4.90 Å². The maximum Gasteiger partial charge on any atom is 0.210 e. The van der Waals surface area contributed by atoms with Crippen LogP contribution >= 0.6 is 11.8 Å². The van der Waals surface area contributed by atoms with Gasteiger partial charge in [0.25, 0.3) is 0 Å². The standard InChI is InChI=1S/C13H18N2OS/c1-2-17-13-11(6-5-8-14-13)12-7-3-4-9-15(12)10-16/h5-6,8,10,12H,2-4,7,9H2,1H3/t12-/m0/s1. The molecule has 0 unspecified atom stereocenters. The van der Waals surface area contributed by atoms with E-state index in [1.165, 1.54) is 12.0 Å². The van der Waals surface area contributed by atoms with Gasteiger partial charge in [0.15, 0.2) is 0 Å². The van der Waals surface area contributed by atoms with E-state index in [1.807, 2.05) is 17.2 Å². The molecule has 1 fully saturated rings. The van der Waals surface area contributed by atoms with Crippen LogP contribution in [0, 0.1) is 0 Å². The third-order valence-corrected chi connectivity index (χ3v) is 4.02. The predicted molar refractivity (Wildman–Crippen MR) is 70.0 cm³/mol. The van der Waals surface area contributed by atoms with Gasteiger partial charge in [-0.15, -0.1) is 11.8 Å². The third kappa shape index (κ3) is 2.80. The number of carbonyl (C=O) groups is 1. The minimum Gasteiger partial charge on any atom is -0.338 e. The molecule has 2 heterocycles. The highest BCUT2D eigenvalue weighted by Gasteiger charge is 2.24. The fraction of sp³-hybridized carbons (Fsp3) is 0.538. The molecule has 0 radical (unpaired) electrons. The summed E-state index contributed by atoms with van der Waals surface area (Å²) in [4.78, 5) is 17.5. The van der Waals surface area contributed by atoms with E-state index in [2.05, 4.69) is 18.0 Å². The molecule has 3 nitrogen and oxygen atoms in total. The van der Waals surface area contributed by atoms with Crippen molar-refractivity contribution in [3.63, 3.8) is 0 Å². The lowest BCUT2D eigenvalue weighted by Gasteiger charge is -2.33. The molecule has 0 bridgehead atoms. The van der Waals surface area contributed by atoms with Crippen molar-refractivity contribution in [2.75, 3.05) is 12.3 Å². The highest BCUT2D eigenvalue weighted by Crippen LogP contribution is 2.34. The van der Waals surface area contributed by atoms with Crippen molar-refractivity contribution >= 4 is 18.2 Å². The summed E-state index contributed by atoms with van der Waals surface area (Å²) >= 11 is 1.75. The Hall–Kier alpha value is -1.03. The normalized spacial score (nSPS) is 20.3. The van der Waals surface area contributed by atoms with Crippen molar-refractivity contribution in [1.82, 2.24) is 9.88 Å². The number of rotatable bonds is 4. The highest BCUT2D eigenvalue weighted by atomic mass is 32.2. The molecule has 1 aromatic rings. The molecule has 92 valence electrons. The van der Waals surface area contributed by atoms with Crippen LogP contribution in [0.3, 0.4) is 0 Å². The number of hydrogen-bond acceptors (Lipinski definition) is 3. The van der Waals surface area contributed by atoms with Gasteiger partial charge in [0, 0.05) is 18.3 Å². The number of hydrogen-bond donors (Lipinski definition) is 0. The van der Waals surface area contributed by atoms with Crippen LogP contribution in [-0.4, -0.2) is 28.6 Å². The summed E-state index contributed by atoms with van der Waals surface area (Å²) in [5.41, 5.74) is 1.21. The first-order valence-corrected chi connectivity index (χ1v) is 7.14. The summed E-state index contributed by atoms with van der Waals surface area (Å²) in [6.07, 6.45) is 6.18. The molecule has 1 aliphatic rings. The van der Waals surface area contributed by atoms with Crippen molar-refractivity contribution in [1.29, 1.82) is 0 Å². The maximum atomic E-state index is 11.1. The number of likely N-dealkylation sites (tertiary alicyclic amines) is 1. The van der Waals surface area contributed by atoms with Crippen LogP contribution in [0.4, 0.5) is 0 Å². The van der Waals surface area contributed by atoms with E-state index in [9.17, 15) is 4.79 Å². The fourth-order valence-corrected chi connectivity index (χ4v) is 3.11. The van der Waals surface area contributed by atoms with Crippen LogP contribution in [0.1, 0.15) is 37.8 Å². The quantitative estimate of drug-likeness (QED) is 0.608. The number of nitrogens with zero attached hydrogens (tertiary/aromatic N) is 2. The summed E-state index contributed by atoms with van der Waals surface area (Å²) in [6.45, 7) is 3.00. The molecule has 0 spiro atoms. The highest BCUT2D eigenvalue weighted by molar-refractivity contribution is 7.99. The van der Waals surface area contributed by atoms with E-state index in [4.69, 9.17) is 0 Å². The average molecular weight is 250 g/mol. The second kappa shape index (κ2) is 6.05. The molecule has 0 N–H and O–H groups in total. The molecule has 17 heavy (non-hydrogen) atoms. The van der Waals surface area contributed by atoms with Crippen molar-refractivity contribution < 1.29 is 4.79 Å². The number of pyridine rings is 1. The Morgan fingerprint density at radius 2 is 2.47 bits per heavy atom. The van der Waals surface area contributed by atoms with Gasteiger partial charge in [-0.2, -0.15) is 0 Å². The lowest BCUT2D eigenvalue weighted by Crippen LogP contribution is -2.32. The second-order valence-corrected chi connectivity index (χ2v) is 5.44. The van der Waals surface area contributed by atoms with Gasteiger partial charge >= 0.3 is 0 Å². The Bertz CT molecular complexity index is 383. The molecule has 1 amide bonds. The number of amides is 1. The van der Waals surface area contributed by atoms with E-state index in [0.717, 1.165) is 36.6 Å². The van der Waals surface area contributed by atoms with Crippen molar-refractivity contribution in [3.8, 4) is 0 Å². The average Bonchev–Trinajstić information content (AvgIpc) is 2.40. The largest absolute Gasteiger partial charge is 0.338 e. The Morgan fingerprint density at radius 3 is 3.24 bits per heavy atom. The van der Waals surface area contributed by atoms with E-state index in [1.54, 1.807) is 11.8 Å². The van der Waals surface area contributed by atoms with Crippen LogP contribution in [0.2, 0.25) is 0 Å². The summed E-state index contributed by atoms with van der Waals surface area (Å²) < 4.78 is 0. The minimum atomic E-state index is 0.226. The lowest BCUT2D eigenvalue weighted by atomic mass is 9.97. The van der Waals surface area contributed by atoms with Gasteiger partial charge in [-0.3, -0.25) is 4.79 Å². The van der Waals surface area contributed by atoms with Crippen molar-refractivity contribution in [3.05, 3.63) is 23.9 Å². The van der Waals surface area contributed by atoms with Crippen LogP contribution in [0.25, 0.3) is 0 Å². The zero-order valence-corrected chi connectivity index (χ0v) is 10.9. The molecule has 1 aliphatic heterocycles. The number of aromatic nitrogens is 1. The molecule has 1 aromatic heterocycles. The van der Waals surface area contributed by atoms with Crippen LogP contribution in [-0.2, 0) is 4.79 Å². The smallest absolute Gasteiger partial charge is 0.210 e. The number of thioether (sulfide) groups is 1. The summed E-state index contributed by atoms with van der Waals surface area (Å²) in [7, 11) is 0. The first-order valence-electron chi connectivity index (χ1n) is 6.15. The zero-order valence-electron chi connectivity index (χ0n) is 10.1.